The zero-order chi connectivity index (χ0) is 44.2. The molecule has 0 aromatic rings. The molecule has 358 valence electrons. The van der Waals surface area contributed by atoms with Gasteiger partial charge in [-0.3, -0.25) is 4.79 Å². The van der Waals surface area contributed by atoms with E-state index in [2.05, 4.69) is 55.6 Å². The summed E-state index contributed by atoms with van der Waals surface area (Å²) in [6.45, 7) is 4.32. The van der Waals surface area contributed by atoms with Gasteiger partial charge >= 0.3 is 0 Å². The van der Waals surface area contributed by atoms with Crippen molar-refractivity contribution in [3.05, 3.63) is 48.6 Å². The molecule has 2 atom stereocenters. The van der Waals surface area contributed by atoms with Crippen LogP contribution in [0, 0.1) is 0 Å². The predicted molar refractivity (Wildman–Crippen MR) is 271 cm³/mol. The van der Waals surface area contributed by atoms with E-state index in [9.17, 15) is 15.0 Å². The standard InChI is InChI=1S/C57H107NO3/c1-3-5-7-9-11-13-15-17-19-21-23-25-26-27-28-29-30-31-32-33-35-37-39-41-43-45-47-49-51-53-57(61)58-55(54-59)56(60)52-50-48-46-44-42-40-38-36-34-24-22-20-18-16-14-12-10-8-6-4-2/h15,17,21,23,26-27,50,52,55-56,59-60H,3-14,16,18-20,22,24-25,28-49,51,53-54H2,1-2H3,(H,58,61)/b17-15-,23-21-,27-26-,52-50+. The normalized spacial score (nSPS) is 13.2. The third-order valence-electron chi connectivity index (χ3n) is 12.6. The summed E-state index contributed by atoms with van der Waals surface area (Å²) in [7, 11) is 0. The van der Waals surface area contributed by atoms with Crippen LogP contribution < -0.4 is 5.32 Å². The van der Waals surface area contributed by atoms with Gasteiger partial charge in [0.2, 0.25) is 5.91 Å². The molecule has 0 aliphatic heterocycles. The van der Waals surface area contributed by atoms with Gasteiger partial charge in [-0.15, -0.1) is 0 Å². The van der Waals surface area contributed by atoms with Crippen molar-refractivity contribution in [3.63, 3.8) is 0 Å². The predicted octanol–water partition coefficient (Wildman–Crippen LogP) is 17.9. The van der Waals surface area contributed by atoms with Crippen molar-refractivity contribution in [1.82, 2.24) is 5.32 Å². The van der Waals surface area contributed by atoms with E-state index in [-0.39, 0.29) is 12.5 Å². The van der Waals surface area contributed by atoms with Gasteiger partial charge in [0, 0.05) is 6.42 Å². The van der Waals surface area contributed by atoms with E-state index in [0.717, 1.165) is 38.5 Å². The molecular formula is C57H107NO3. The van der Waals surface area contributed by atoms with E-state index >= 15 is 0 Å². The lowest BCUT2D eigenvalue weighted by atomic mass is 10.0. The molecule has 0 aromatic carbocycles. The van der Waals surface area contributed by atoms with Crippen LogP contribution >= 0.6 is 0 Å². The number of hydrogen-bond donors (Lipinski definition) is 3. The minimum absolute atomic E-state index is 0.0623. The van der Waals surface area contributed by atoms with Crippen molar-refractivity contribution < 1.29 is 15.0 Å². The molecule has 4 nitrogen and oxygen atoms in total. The number of aliphatic hydroxyl groups is 2. The average molecular weight is 854 g/mol. The van der Waals surface area contributed by atoms with Crippen molar-refractivity contribution in [2.24, 2.45) is 0 Å². The van der Waals surface area contributed by atoms with Crippen molar-refractivity contribution in [3.8, 4) is 0 Å². The Morgan fingerprint density at radius 3 is 1.00 bits per heavy atom. The van der Waals surface area contributed by atoms with Crippen molar-refractivity contribution >= 4 is 5.91 Å². The van der Waals surface area contributed by atoms with Crippen LogP contribution in [0.5, 0.6) is 0 Å². The second-order valence-corrected chi connectivity index (χ2v) is 18.7. The van der Waals surface area contributed by atoms with Gasteiger partial charge in [0.15, 0.2) is 0 Å². The Labute approximate surface area is 382 Å². The highest BCUT2D eigenvalue weighted by atomic mass is 16.3. The number of amides is 1. The topological polar surface area (TPSA) is 69.6 Å². The summed E-state index contributed by atoms with van der Waals surface area (Å²) in [4.78, 5) is 12.5. The van der Waals surface area contributed by atoms with Gasteiger partial charge in [0.1, 0.15) is 0 Å². The number of hydrogen-bond acceptors (Lipinski definition) is 3. The van der Waals surface area contributed by atoms with Gasteiger partial charge in [0.05, 0.1) is 18.8 Å². The first-order chi connectivity index (χ1) is 30.2. The first kappa shape index (κ1) is 59.4. The first-order valence-electron chi connectivity index (χ1n) is 27.4. The zero-order valence-corrected chi connectivity index (χ0v) is 41.2. The van der Waals surface area contributed by atoms with Crippen LogP contribution in [0.3, 0.4) is 0 Å². The molecule has 0 spiro atoms. The molecular weight excluding hydrogens is 747 g/mol. The summed E-state index contributed by atoms with van der Waals surface area (Å²) >= 11 is 0. The highest BCUT2D eigenvalue weighted by Crippen LogP contribution is 2.16. The lowest BCUT2D eigenvalue weighted by Crippen LogP contribution is -2.45. The van der Waals surface area contributed by atoms with Gasteiger partial charge in [0.25, 0.3) is 0 Å². The van der Waals surface area contributed by atoms with Crippen LogP contribution in [0.15, 0.2) is 48.6 Å². The second kappa shape index (κ2) is 52.7. The number of allylic oxidation sites excluding steroid dienone is 7. The van der Waals surface area contributed by atoms with E-state index in [4.69, 9.17) is 0 Å². The molecule has 0 fully saturated rings. The smallest absolute Gasteiger partial charge is 0.220 e. The maximum Gasteiger partial charge on any atom is 0.220 e. The fourth-order valence-corrected chi connectivity index (χ4v) is 8.36. The van der Waals surface area contributed by atoms with E-state index < -0.39 is 12.1 Å². The summed E-state index contributed by atoms with van der Waals surface area (Å²) in [6.07, 6.45) is 72.6. The molecule has 3 N–H and O–H groups in total. The minimum atomic E-state index is -0.840. The molecule has 2 unspecified atom stereocenters. The molecule has 61 heavy (non-hydrogen) atoms. The van der Waals surface area contributed by atoms with Gasteiger partial charge in [-0.1, -0.05) is 274 Å². The Morgan fingerprint density at radius 1 is 0.393 bits per heavy atom. The summed E-state index contributed by atoms with van der Waals surface area (Å²) in [5, 5.41) is 23.2. The molecule has 1 amide bonds. The summed E-state index contributed by atoms with van der Waals surface area (Å²) in [5.74, 6) is -0.0623. The number of unbranched alkanes of at least 4 members (excludes halogenated alkanes) is 37. The third-order valence-corrected chi connectivity index (χ3v) is 12.6. The second-order valence-electron chi connectivity index (χ2n) is 18.7. The molecule has 0 aliphatic rings. The lowest BCUT2D eigenvalue weighted by molar-refractivity contribution is -0.123. The molecule has 0 aliphatic carbocycles. The fourth-order valence-electron chi connectivity index (χ4n) is 8.36. The van der Waals surface area contributed by atoms with Gasteiger partial charge < -0.3 is 15.5 Å². The van der Waals surface area contributed by atoms with Crippen LogP contribution in [-0.4, -0.2) is 34.9 Å². The molecule has 0 bridgehead atoms. The van der Waals surface area contributed by atoms with Gasteiger partial charge in [-0.05, 0) is 57.8 Å². The van der Waals surface area contributed by atoms with Gasteiger partial charge in [-0.25, -0.2) is 0 Å². The van der Waals surface area contributed by atoms with E-state index in [0.29, 0.717) is 6.42 Å². The summed E-state index contributed by atoms with van der Waals surface area (Å²) in [6, 6.07) is -0.623. The molecule has 0 saturated carbocycles. The van der Waals surface area contributed by atoms with Gasteiger partial charge in [-0.2, -0.15) is 0 Å². The van der Waals surface area contributed by atoms with Crippen LogP contribution in [0.4, 0.5) is 0 Å². The summed E-state index contributed by atoms with van der Waals surface area (Å²) < 4.78 is 0. The number of carbonyl (C=O) groups excluding carboxylic acids is 1. The monoisotopic (exact) mass is 854 g/mol. The fraction of sp³-hybridized carbons (Fsp3) is 0.842. The quantitative estimate of drug-likeness (QED) is 0.0422. The number of rotatable bonds is 50. The largest absolute Gasteiger partial charge is 0.394 e. The average Bonchev–Trinajstić information content (AvgIpc) is 3.26. The number of carbonyl (C=O) groups is 1. The van der Waals surface area contributed by atoms with E-state index in [1.807, 2.05) is 6.08 Å². The SMILES string of the molecule is CCCCCCC/C=C\C/C=C\C/C=C\CCCCCCCCCCCCCCCCC(=O)NC(CO)C(O)/C=C/CCCCCCCCCCCCCCCCCCCC. The molecule has 0 radical (unpaired) electrons. The van der Waals surface area contributed by atoms with E-state index in [1.165, 1.54) is 231 Å². The molecule has 4 heteroatoms. The Bertz CT molecular complexity index is 970. The Hall–Kier alpha value is -1.65. The lowest BCUT2D eigenvalue weighted by Gasteiger charge is -2.20. The van der Waals surface area contributed by atoms with Crippen LogP contribution in [-0.2, 0) is 4.79 Å². The number of aliphatic hydroxyl groups excluding tert-OH is 2. The zero-order valence-electron chi connectivity index (χ0n) is 41.2. The van der Waals surface area contributed by atoms with E-state index in [1.54, 1.807) is 6.08 Å². The van der Waals surface area contributed by atoms with Crippen LogP contribution in [0.2, 0.25) is 0 Å². The maximum absolute atomic E-state index is 12.5. The highest BCUT2D eigenvalue weighted by molar-refractivity contribution is 5.76. The van der Waals surface area contributed by atoms with Crippen LogP contribution in [0.1, 0.15) is 290 Å². The maximum atomic E-state index is 12.5. The van der Waals surface area contributed by atoms with Crippen LogP contribution in [0.25, 0.3) is 0 Å². The number of nitrogens with one attached hydrogen (secondary N) is 1. The minimum Gasteiger partial charge on any atom is -0.394 e. The molecule has 0 rings (SSSR count). The summed E-state index contributed by atoms with van der Waals surface area (Å²) in [5.41, 5.74) is 0. The van der Waals surface area contributed by atoms with Crippen molar-refractivity contribution in [2.45, 2.75) is 302 Å². The molecule has 0 saturated heterocycles. The Kier molecular flexibility index (Phi) is 51.3. The first-order valence-corrected chi connectivity index (χ1v) is 27.4. The highest BCUT2D eigenvalue weighted by Gasteiger charge is 2.18. The van der Waals surface area contributed by atoms with Crippen molar-refractivity contribution in [1.29, 1.82) is 0 Å². The molecule has 0 heterocycles. The third kappa shape index (κ3) is 49.2. The Morgan fingerprint density at radius 2 is 0.672 bits per heavy atom. The van der Waals surface area contributed by atoms with Crippen molar-refractivity contribution in [2.75, 3.05) is 6.61 Å². The molecule has 0 aromatic heterocycles. The Balaban J connectivity index is 3.50.